The second kappa shape index (κ2) is 30.2. The van der Waals surface area contributed by atoms with E-state index in [1.165, 1.54) is 4.72 Å². The van der Waals surface area contributed by atoms with Crippen molar-refractivity contribution in [3.05, 3.63) is 0 Å². The van der Waals surface area contributed by atoms with Crippen LogP contribution in [0.2, 0.25) is 0 Å². The number of carbonyl (C=O) groups excluding carboxylic acids is 1. The van der Waals surface area contributed by atoms with Crippen molar-refractivity contribution >= 4 is 69.7 Å². The quantitative estimate of drug-likeness (QED) is 0.0260. The summed E-state index contributed by atoms with van der Waals surface area (Å²) in [6, 6.07) is -4.96. The van der Waals surface area contributed by atoms with Gasteiger partial charge < -0.3 is 79.3 Å². The van der Waals surface area contributed by atoms with Crippen molar-refractivity contribution in [1.29, 1.82) is 0 Å². The number of amides is 1. The second-order valence-electron chi connectivity index (χ2n) is 19.6. The van der Waals surface area contributed by atoms with E-state index in [1.807, 2.05) is 5.32 Å². The summed E-state index contributed by atoms with van der Waals surface area (Å²) in [5, 5.41) is 86.0. The summed E-state index contributed by atoms with van der Waals surface area (Å²) in [7, 11) is -29.1. The third-order valence-corrected chi connectivity index (χ3v) is 15.3. The van der Waals surface area contributed by atoms with Gasteiger partial charge in [0.1, 0.15) is 73.1 Å². The summed E-state index contributed by atoms with van der Waals surface area (Å²) in [6.45, 7) is -2.30. The van der Waals surface area contributed by atoms with Gasteiger partial charge in [-0.05, 0) is 0 Å². The number of ether oxygens (including phenoxy) is 7. The summed E-state index contributed by atoms with van der Waals surface area (Å²) in [6.07, 6.45) is -59.3. The number of hydrogen-bond donors (Lipinski definition) is 15. The van der Waals surface area contributed by atoms with Crippen molar-refractivity contribution < 1.29 is 245 Å². The molecule has 15 N–H and O–H groups in total. The van der Waals surface area contributed by atoms with Crippen LogP contribution in [0.5, 0.6) is 0 Å². The predicted octanol–water partition coefficient (Wildman–Crippen LogP) is -4.31. The fourth-order valence-electron chi connectivity index (χ4n) is 8.47. The Labute approximate surface area is 527 Å². The van der Waals surface area contributed by atoms with E-state index in [-0.39, 0.29) is 6.92 Å². The minimum Gasteiger partial charge on any atom is -0.479 e. The van der Waals surface area contributed by atoms with E-state index in [4.69, 9.17) is 37.7 Å². The van der Waals surface area contributed by atoms with Crippen LogP contribution in [0.3, 0.4) is 0 Å². The van der Waals surface area contributed by atoms with Crippen LogP contribution in [0.15, 0.2) is 0 Å². The number of carboxylic acid groups (broad SMARTS) is 2. The highest BCUT2D eigenvalue weighted by Gasteiger charge is 2.95. The van der Waals surface area contributed by atoms with Crippen LogP contribution in [-0.4, -0.2) is 307 Å². The number of rotatable bonds is 28. The topological polar surface area (TPSA) is 610 Å². The van der Waals surface area contributed by atoms with E-state index in [0.29, 0.717) is 0 Å². The monoisotopic (exact) mass is 1580 g/mol. The van der Waals surface area contributed by atoms with Crippen molar-refractivity contribution in [2.75, 3.05) is 13.2 Å². The van der Waals surface area contributed by atoms with Crippen LogP contribution in [0.25, 0.3) is 0 Å². The zero-order valence-electron chi connectivity index (χ0n) is 46.2. The summed E-state index contributed by atoms with van der Waals surface area (Å²) in [4.78, 5) is 36.4. The highest BCUT2D eigenvalue weighted by atomic mass is 32.3. The molecule has 4 aliphatic rings. The van der Waals surface area contributed by atoms with Gasteiger partial charge in [-0.2, -0.15) is 121 Å². The molecule has 0 aliphatic carbocycles. The molecule has 0 radical (unpaired) electrons. The first-order valence-electron chi connectivity index (χ1n) is 24.5. The number of carbonyl (C=O) groups is 3. The minimum atomic E-state index is -8.56. The zero-order chi connectivity index (χ0) is 76.1. The zero-order valence-corrected chi connectivity index (χ0v) is 50.3. The maximum absolute atomic E-state index is 13.1. The van der Waals surface area contributed by atoms with Gasteiger partial charge in [-0.15, -0.1) is 0 Å². The third kappa shape index (κ3) is 19.8. The molecule has 97 heavy (non-hydrogen) atoms. The maximum Gasteiger partial charge on any atom is 0.460 e. The molecule has 0 spiro atoms. The number of aliphatic hydroxyl groups is 6. The van der Waals surface area contributed by atoms with E-state index in [9.17, 15) is 190 Å². The molecule has 20 atom stereocenters. The van der Waals surface area contributed by atoms with Gasteiger partial charge in [-0.3, -0.25) is 27.6 Å². The molecule has 61 heteroatoms. The molecule has 0 aromatic heterocycles. The van der Waals surface area contributed by atoms with E-state index in [0.717, 1.165) is 6.92 Å². The van der Waals surface area contributed by atoms with E-state index >= 15 is 0 Å². The fourth-order valence-corrected chi connectivity index (χ4v) is 10.8. The third-order valence-electron chi connectivity index (χ3n) is 12.9. The van der Waals surface area contributed by atoms with Crippen LogP contribution < -0.4 is 10.0 Å². The van der Waals surface area contributed by atoms with Crippen LogP contribution in [0, 0.1) is 0 Å². The summed E-state index contributed by atoms with van der Waals surface area (Å²) in [5.41, 5.74) is 0. The van der Waals surface area contributed by atoms with Gasteiger partial charge >= 0.3 is 111 Å². The molecular formula is C36H47F17N2O37S5. The molecule has 0 aromatic rings. The first-order valence-corrected chi connectivity index (χ1v) is 31.4. The van der Waals surface area contributed by atoms with Crippen LogP contribution in [-0.2, 0) is 116 Å². The van der Waals surface area contributed by atoms with Crippen molar-refractivity contribution in [2.45, 2.75) is 191 Å². The minimum absolute atomic E-state index is 0.0628. The van der Waals surface area contributed by atoms with Crippen LogP contribution in [0.4, 0.5) is 74.6 Å². The molecule has 0 saturated carbocycles. The number of aliphatic hydroxyl groups excluding tert-OH is 6. The Morgan fingerprint density at radius 2 is 0.856 bits per heavy atom. The summed E-state index contributed by atoms with van der Waals surface area (Å²) >= 11 is 0. The van der Waals surface area contributed by atoms with Crippen molar-refractivity contribution in [3.8, 4) is 0 Å². The molecule has 0 aromatic carbocycles. The van der Waals surface area contributed by atoms with E-state index < -0.39 is 260 Å². The number of nitrogens with one attached hydrogen (secondary N) is 2. The molecule has 4 fully saturated rings. The van der Waals surface area contributed by atoms with Gasteiger partial charge in [-0.25, -0.2) is 26.3 Å². The highest BCUT2D eigenvalue weighted by Crippen LogP contribution is 2.64. The first-order chi connectivity index (χ1) is 43.1. The largest absolute Gasteiger partial charge is 0.479 e. The van der Waals surface area contributed by atoms with Gasteiger partial charge in [0.25, 0.3) is 0 Å². The molecule has 4 heterocycles. The van der Waals surface area contributed by atoms with Crippen molar-refractivity contribution in [3.63, 3.8) is 0 Å². The lowest BCUT2D eigenvalue weighted by molar-refractivity contribution is -0.461. The Morgan fingerprint density at radius 1 is 0.454 bits per heavy atom. The molecule has 0 unspecified atom stereocenters. The fraction of sp³-hybridized carbons (Fsp3) is 0.917. The predicted molar refractivity (Wildman–Crippen MR) is 252 cm³/mol. The maximum atomic E-state index is 13.1. The first kappa shape index (κ1) is 87.3. The van der Waals surface area contributed by atoms with E-state index in [1.54, 1.807) is 0 Å². The lowest BCUT2D eigenvalue weighted by Gasteiger charge is -2.50. The SMILES string of the molecule is CC(=O)N[C@@H]1[C@@H](O)[C@H](O[C@@H]2O[C@H](C(=O)O)[C@@H](O[C@@H]3O[C@H](CO)[C@@H](O[C@H]4O[C@@H](C(=O)O)[C@H](O)[C@@H](O)[C@@H]4OS(=O)(=O)O)[C@H](OS(=O)(=O)O)[C@H]3NS(=O)(=O)O)[C@H](O)[C@H]2OS(=O)(=O)O)[C@H](COS(=O)(=O)O)O[C@H]1O.CCC(F)(F)C(F)(F)C(F)(F)C(F)(F)C(F)(F)C(F)(F)C(F)(F)C(F)(F)F. The Kier molecular flexibility index (Phi) is 27.1. The van der Waals surface area contributed by atoms with Gasteiger partial charge in [0.2, 0.25) is 5.91 Å². The lowest BCUT2D eigenvalue weighted by atomic mass is 9.88. The molecule has 0 bridgehead atoms. The van der Waals surface area contributed by atoms with Gasteiger partial charge in [-0.1, -0.05) is 6.92 Å². The highest BCUT2D eigenvalue weighted by molar-refractivity contribution is 7.83. The number of alkyl halides is 17. The van der Waals surface area contributed by atoms with Crippen molar-refractivity contribution in [1.82, 2.24) is 10.0 Å². The number of carboxylic acids is 2. The molecule has 4 saturated heterocycles. The van der Waals surface area contributed by atoms with Gasteiger partial charge in [0, 0.05) is 13.3 Å². The Balaban J connectivity index is 0.000000761. The molecule has 4 aliphatic heterocycles. The van der Waals surface area contributed by atoms with Gasteiger partial charge in [0.05, 0.1) is 13.2 Å². The molecule has 4 rings (SSSR count). The summed E-state index contributed by atoms with van der Waals surface area (Å²) < 4.78 is 438. The smallest absolute Gasteiger partial charge is 0.460 e. The molecule has 39 nitrogen and oxygen atoms in total. The lowest BCUT2D eigenvalue weighted by Crippen LogP contribution is -2.74. The van der Waals surface area contributed by atoms with Crippen LogP contribution >= 0.6 is 0 Å². The standard InChI is InChI=1S/C26H42N2O37S5.C10H5F17/c1-4(30)27-7-9(31)13(6(56-23(7)39)3-55-67(43,44)45)58-26-19(65-70(52,53)54)12(34)16(20(62-26)22(37)38)60-24-8(28-66(40,41)42)15(63-68(46,47)48)14(5(2-29)57-24)59-25-18(64-69(49,50)51)11(33)10(32)17(61-25)21(35)36;1-2-3(11,12)4(13,14)5(15,16)6(17,18)7(19,20)8(21,22)9(23,24)10(25,26)27/h5-20,23-26,28-29,31-34,39H,2-3H2,1H3,(H,27,30)(H,35,36)(H,37,38)(H,40,41,42)(H,43,44,45)(H,46,47,48)(H,49,50,51)(H,52,53,54);2H2,1H3/t5-,6+,7-,8-,9-,10-,11-,12+,13-,14-,15-,16+,17-,18+,19-,20+,23-,24+,25+,26-;/m1./s1. The molecule has 1 amide bonds. The number of aliphatic carboxylic acids is 2. The Bertz CT molecular complexity index is 3370. The van der Waals surface area contributed by atoms with Gasteiger partial charge in [0.15, 0.2) is 49.6 Å². The average molecular weight is 1580 g/mol. The van der Waals surface area contributed by atoms with Crippen LogP contribution in [0.1, 0.15) is 20.3 Å². The summed E-state index contributed by atoms with van der Waals surface area (Å²) in [5.74, 6) is -61.1. The number of hydrogen-bond acceptors (Lipinski definition) is 30. The second-order valence-corrected chi connectivity index (χ2v) is 25.0. The average Bonchev–Trinajstić information content (AvgIpc) is 0.697. The number of halogens is 17. The normalized spacial score (nSPS) is 32.9. The Morgan fingerprint density at radius 3 is 1.25 bits per heavy atom. The van der Waals surface area contributed by atoms with E-state index in [2.05, 4.69) is 16.7 Å². The molecule has 572 valence electrons. The van der Waals surface area contributed by atoms with Crippen molar-refractivity contribution in [2.24, 2.45) is 0 Å². The Hall–Kier alpha value is -3.95. The molecular weight excluding hydrogens is 1540 g/mol.